The molecular weight excluding hydrogens is 212 g/mol. The Morgan fingerprint density at radius 1 is 0.941 bits per heavy atom. The number of aromatic nitrogens is 2. The molecule has 17 heavy (non-hydrogen) atoms. The van der Waals surface area contributed by atoms with Crippen molar-refractivity contribution in [3.05, 3.63) is 72.0 Å². The number of fused-ring (bicyclic) bond motifs is 1. The third kappa shape index (κ3) is 1.72. The number of hydrogen-bond acceptors (Lipinski definition) is 1. The van der Waals surface area contributed by atoms with Gasteiger partial charge in [0, 0.05) is 11.1 Å². The SMILES string of the molecule is O=[n+]1cc2ccccn2cc1-c1ccccc1. The number of pyridine rings is 1. The van der Waals surface area contributed by atoms with Gasteiger partial charge in [-0.05, 0) is 24.3 Å². The maximum absolute atomic E-state index is 11.9. The van der Waals surface area contributed by atoms with E-state index in [0.29, 0.717) is 5.69 Å². The summed E-state index contributed by atoms with van der Waals surface area (Å²) in [4.78, 5) is 11.9. The Morgan fingerprint density at radius 3 is 2.53 bits per heavy atom. The summed E-state index contributed by atoms with van der Waals surface area (Å²) < 4.78 is 2.85. The average molecular weight is 223 g/mol. The summed E-state index contributed by atoms with van der Waals surface area (Å²) in [6, 6.07) is 15.4. The summed E-state index contributed by atoms with van der Waals surface area (Å²) in [5.74, 6) is 0. The van der Waals surface area contributed by atoms with Crippen molar-refractivity contribution in [1.82, 2.24) is 4.40 Å². The molecule has 1 aromatic carbocycles. The molecular formula is C14H11N2O+. The zero-order valence-electron chi connectivity index (χ0n) is 9.15. The van der Waals surface area contributed by atoms with Crippen molar-refractivity contribution >= 4 is 5.52 Å². The Morgan fingerprint density at radius 2 is 1.71 bits per heavy atom. The lowest BCUT2D eigenvalue weighted by Crippen LogP contribution is -2.18. The fourth-order valence-corrected chi connectivity index (χ4v) is 1.88. The van der Waals surface area contributed by atoms with Gasteiger partial charge in [-0.25, -0.2) is 0 Å². The highest BCUT2D eigenvalue weighted by atomic mass is 16.3. The highest BCUT2D eigenvalue weighted by Gasteiger charge is 2.12. The largest absolute Gasteiger partial charge is 0.312 e. The minimum absolute atomic E-state index is 0.648. The van der Waals surface area contributed by atoms with Gasteiger partial charge >= 0.3 is 0 Å². The lowest BCUT2D eigenvalue weighted by atomic mass is 10.1. The Balaban J connectivity index is 2.31. The zero-order valence-corrected chi connectivity index (χ0v) is 9.15. The summed E-state index contributed by atoms with van der Waals surface area (Å²) in [6.45, 7) is 0. The maximum atomic E-state index is 11.9. The Kier molecular flexibility index (Phi) is 2.22. The number of hydrogen-bond donors (Lipinski definition) is 0. The van der Waals surface area contributed by atoms with E-state index >= 15 is 0 Å². The third-order valence-electron chi connectivity index (χ3n) is 2.74. The Hall–Kier alpha value is -2.42. The van der Waals surface area contributed by atoms with Gasteiger partial charge < -0.3 is 4.40 Å². The minimum Gasteiger partial charge on any atom is -0.312 e. The van der Waals surface area contributed by atoms with Crippen LogP contribution in [0.4, 0.5) is 0 Å². The van der Waals surface area contributed by atoms with Gasteiger partial charge in [-0.2, -0.15) is 0 Å². The second kappa shape index (κ2) is 3.87. The molecule has 2 aromatic heterocycles. The summed E-state index contributed by atoms with van der Waals surface area (Å²) >= 11 is 0. The minimum atomic E-state index is 0.648. The highest BCUT2D eigenvalue weighted by Crippen LogP contribution is 2.14. The van der Waals surface area contributed by atoms with Crippen LogP contribution in [0.3, 0.4) is 0 Å². The normalized spacial score (nSPS) is 10.6. The predicted molar refractivity (Wildman–Crippen MR) is 66.2 cm³/mol. The lowest BCUT2D eigenvalue weighted by Gasteiger charge is -1.98. The van der Waals surface area contributed by atoms with E-state index in [4.69, 9.17) is 0 Å². The van der Waals surface area contributed by atoms with E-state index in [1.165, 1.54) is 0 Å². The first kappa shape index (κ1) is 9.78. The molecule has 0 saturated heterocycles. The molecule has 0 aliphatic heterocycles. The molecule has 3 aromatic rings. The summed E-state index contributed by atoms with van der Waals surface area (Å²) in [6.07, 6.45) is 5.36. The first-order valence-corrected chi connectivity index (χ1v) is 5.43. The summed E-state index contributed by atoms with van der Waals surface area (Å²) in [5, 5.41) is 0. The van der Waals surface area contributed by atoms with Crippen LogP contribution in [0.15, 0.2) is 67.1 Å². The first-order chi connectivity index (χ1) is 8.34. The Labute approximate surface area is 98.2 Å². The van der Waals surface area contributed by atoms with Crippen LogP contribution in [0, 0.1) is 4.91 Å². The molecule has 3 heteroatoms. The molecule has 0 radical (unpaired) electrons. The molecule has 0 amide bonds. The van der Waals surface area contributed by atoms with Crippen LogP contribution in [0.5, 0.6) is 0 Å². The van der Waals surface area contributed by atoms with Crippen LogP contribution in [-0.2, 0) is 0 Å². The van der Waals surface area contributed by atoms with Crippen molar-refractivity contribution in [3.63, 3.8) is 0 Å². The number of nitrogens with zero attached hydrogens (tertiary/aromatic N) is 2. The van der Waals surface area contributed by atoms with Crippen molar-refractivity contribution in [2.45, 2.75) is 0 Å². The number of benzene rings is 1. The fourth-order valence-electron chi connectivity index (χ4n) is 1.88. The van der Waals surface area contributed by atoms with Crippen LogP contribution in [0.25, 0.3) is 16.8 Å². The molecule has 0 N–H and O–H groups in total. The topological polar surface area (TPSA) is 27.4 Å². The van der Waals surface area contributed by atoms with E-state index in [0.717, 1.165) is 15.5 Å². The third-order valence-corrected chi connectivity index (χ3v) is 2.74. The van der Waals surface area contributed by atoms with E-state index in [-0.39, 0.29) is 0 Å². The molecule has 82 valence electrons. The summed E-state index contributed by atoms with van der Waals surface area (Å²) in [7, 11) is 0. The van der Waals surface area contributed by atoms with E-state index in [1.807, 2.05) is 65.3 Å². The molecule has 0 fully saturated rings. The van der Waals surface area contributed by atoms with Crippen LogP contribution < -0.4 is 4.43 Å². The van der Waals surface area contributed by atoms with Gasteiger partial charge in [0.1, 0.15) is 5.52 Å². The van der Waals surface area contributed by atoms with E-state index in [9.17, 15) is 4.91 Å². The second-order valence-corrected chi connectivity index (χ2v) is 3.87. The predicted octanol–water partition coefficient (Wildman–Crippen LogP) is 2.52. The van der Waals surface area contributed by atoms with E-state index in [2.05, 4.69) is 0 Å². The fraction of sp³-hybridized carbons (Fsp3) is 0. The number of rotatable bonds is 1. The quantitative estimate of drug-likeness (QED) is 0.582. The van der Waals surface area contributed by atoms with Gasteiger partial charge in [-0.3, -0.25) is 0 Å². The lowest BCUT2D eigenvalue weighted by molar-refractivity contribution is -0.481. The van der Waals surface area contributed by atoms with Crippen LogP contribution >= 0.6 is 0 Å². The van der Waals surface area contributed by atoms with Crippen molar-refractivity contribution in [1.29, 1.82) is 0 Å². The van der Waals surface area contributed by atoms with E-state index in [1.54, 1.807) is 6.20 Å². The van der Waals surface area contributed by atoms with Crippen LogP contribution in [-0.4, -0.2) is 4.40 Å². The van der Waals surface area contributed by atoms with Gasteiger partial charge in [0.2, 0.25) is 0 Å². The maximum Gasteiger partial charge on any atom is 0.286 e. The Bertz CT molecular complexity index is 717. The molecule has 0 atom stereocenters. The van der Waals surface area contributed by atoms with Gasteiger partial charge in [-0.1, -0.05) is 24.3 Å². The smallest absolute Gasteiger partial charge is 0.286 e. The molecule has 0 saturated carbocycles. The molecule has 3 nitrogen and oxygen atoms in total. The van der Waals surface area contributed by atoms with Crippen molar-refractivity contribution in [3.8, 4) is 11.3 Å². The average Bonchev–Trinajstić information content (AvgIpc) is 2.39. The molecule has 3 rings (SSSR count). The molecule has 2 heterocycles. The highest BCUT2D eigenvalue weighted by molar-refractivity contribution is 5.56. The van der Waals surface area contributed by atoms with Crippen molar-refractivity contribution < 1.29 is 4.43 Å². The molecule has 0 spiro atoms. The van der Waals surface area contributed by atoms with Crippen molar-refractivity contribution in [2.75, 3.05) is 0 Å². The van der Waals surface area contributed by atoms with Crippen molar-refractivity contribution in [2.24, 2.45) is 0 Å². The first-order valence-electron chi connectivity index (χ1n) is 5.43. The van der Waals surface area contributed by atoms with Crippen LogP contribution in [0.2, 0.25) is 0 Å². The molecule has 0 bridgehead atoms. The van der Waals surface area contributed by atoms with Gasteiger partial charge in [0.15, 0.2) is 0 Å². The standard InChI is InChI=1S/C14H11N2O/c17-16-10-13-8-4-5-9-15(13)11-14(16)12-6-2-1-3-7-12/h1-11H/q+1. The second-order valence-electron chi connectivity index (χ2n) is 3.87. The summed E-state index contributed by atoms with van der Waals surface area (Å²) in [5.41, 5.74) is 2.44. The van der Waals surface area contributed by atoms with Crippen LogP contribution in [0.1, 0.15) is 0 Å². The zero-order chi connectivity index (χ0) is 11.7. The molecule has 0 aliphatic rings. The van der Waals surface area contributed by atoms with Gasteiger partial charge in [0.25, 0.3) is 11.9 Å². The monoisotopic (exact) mass is 223 g/mol. The molecule has 0 aliphatic carbocycles. The molecule has 0 unspecified atom stereocenters. The van der Waals surface area contributed by atoms with Gasteiger partial charge in [-0.15, -0.1) is 0 Å². The van der Waals surface area contributed by atoms with Gasteiger partial charge in [0.05, 0.1) is 16.2 Å². The van der Waals surface area contributed by atoms with E-state index < -0.39 is 0 Å².